The third-order valence-corrected chi connectivity index (χ3v) is 8.37. The number of rotatable bonds is 4. The fraction of sp³-hybridized carbons (Fsp3) is 0.125. The van der Waals surface area contributed by atoms with Crippen molar-refractivity contribution in [2.75, 3.05) is 5.32 Å². The molecular formula is C32H26N4S. The van der Waals surface area contributed by atoms with Crippen LogP contribution in [0.2, 0.25) is 0 Å². The van der Waals surface area contributed by atoms with Gasteiger partial charge in [0.2, 0.25) is 0 Å². The first-order chi connectivity index (χ1) is 18.3. The molecule has 2 N–H and O–H groups in total. The molecule has 4 nitrogen and oxygen atoms in total. The first kappa shape index (κ1) is 22.1. The number of thioether (sulfide) groups is 1. The maximum Gasteiger partial charge on any atom is 0.159 e. The molecular weight excluding hydrogens is 472 g/mol. The predicted molar refractivity (Wildman–Crippen MR) is 156 cm³/mol. The van der Waals surface area contributed by atoms with E-state index in [1.54, 1.807) is 0 Å². The average molecular weight is 499 g/mol. The number of anilines is 1. The summed E-state index contributed by atoms with van der Waals surface area (Å²) >= 11 is 1.93. The molecule has 3 aliphatic rings. The van der Waals surface area contributed by atoms with Crippen LogP contribution in [0.15, 0.2) is 130 Å². The van der Waals surface area contributed by atoms with E-state index in [4.69, 9.17) is 9.98 Å². The predicted octanol–water partition coefficient (Wildman–Crippen LogP) is 7.46. The zero-order chi connectivity index (χ0) is 24.6. The summed E-state index contributed by atoms with van der Waals surface area (Å²) in [7, 11) is 0. The molecule has 0 aromatic heterocycles. The van der Waals surface area contributed by atoms with E-state index in [2.05, 4.69) is 95.6 Å². The highest BCUT2D eigenvalue weighted by molar-refractivity contribution is 8.01. The van der Waals surface area contributed by atoms with Crippen molar-refractivity contribution in [3.05, 3.63) is 131 Å². The highest BCUT2D eigenvalue weighted by Gasteiger charge is 2.27. The van der Waals surface area contributed by atoms with Crippen LogP contribution >= 0.6 is 11.8 Å². The van der Waals surface area contributed by atoms with Crippen LogP contribution in [0.25, 0.3) is 10.8 Å². The number of benzene rings is 4. The molecule has 180 valence electrons. The number of hydrogen-bond donors (Lipinski definition) is 2. The number of nitrogens with zero attached hydrogens (tertiary/aromatic N) is 2. The molecule has 4 aromatic rings. The van der Waals surface area contributed by atoms with Crippen LogP contribution in [0.1, 0.15) is 35.7 Å². The molecule has 0 spiro atoms. The van der Waals surface area contributed by atoms with E-state index in [1.807, 2.05) is 36.0 Å². The third-order valence-electron chi connectivity index (χ3n) is 7.04. The smallest absolute Gasteiger partial charge is 0.159 e. The van der Waals surface area contributed by atoms with E-state index < -0.39 is 0 Å². The third kappa shape index (κ3) is 4.25. The molecule has 0 bridgehead atoms. The number of hydrogen-bond acceptors (Lipinski definition) is 5. The van der Waals surface area contributed by atoms with Gasteiger partial charge in [-0.3, -0.25) is 0 Å². The Morgan fingerprint density at radius 1 is 0.811 bits per heavy atom. The minimum Gasteiger partial charge on any atom is -0.369 e. The molecule has 2 heterocycles. The fourth-order valence-corrected chi connectivity index (χ4v) is 6.44. The summed E-state index contributed by atoms with van der Waals surface area (Å²) in [4.78, 5) is 11.3. The number of nitrogens with one attached hydrogen (secondary N) is 2. The maximum atomic E-state index is 4.97. The second kappa shape index (κ2) is 9.41. The van der Waals surface area contributed by atoms with E-state index >= 15 is 0 Å². The van der Waals surface area contributed by atoms with Crippen LogP contribution < -0.4 is 10.6 Å². The van der Waals surface area contributed by atoms with Gasteiger partial charge in [0.25, 0.3) is 0 Å². The molecule has 0 amide bonds. The summed E-state index contributed by atoms with van der Waals surface area (Å²) in [5.41, 5.74) is 5.88. The summed E-state index contributed by atoms with van der Waals surface area (Å²) < 4.78 is 0. The van der Waals surface area contributed by atoms with Crippen LogP contribution in [-0.2, 0) is 0 Å². The number of allylic oxidation sites excluding steroid dienone is 3. The molecule has 0 saturated carbocycles. The van der Waals surface area contributed by atoms with Crippen LogP contribution in [-0.4, -0.2) is 17.0 Å². The van der Waals surface area contributed by atoms with Crippen LogP contribution in [0, 0.1) is 0 Å². The Morgan fingerprint density at radius 2 is 1.65 bits per heavy atom. The van der Waals surface area contributed by atoms with Gasteiger partial charge in [0.1, 0.15) is 12.0 Å². The number of aliphatic imine (C=N–C) groups is 2. The second-order valence-electron chi connectivity index (χ2n) is 9.47. The normalized spacial score (nSPS) is 20.4. The molecule has 0 saturated heterocycles. The SMILES string of the molecule is C1=CCCC(C2Nc3ccc4cc(C5=NC(c6ccccc6)=NC(c6ccccc6)N5)ccc4c3S2)=C1. The van der Waals surface area contributed by atoms with E-state index in [9.17, 15) is 0 Å². The summed E-state index contributed by atoms with van der Waals surface area (Å²) in [6.45, 7) is 0. The first-order valence-electron chi connectivity index (χ1n) is 12.7. The molecule has 1 aliphatic carbocycles. The van der Waals surface area contributed by atoms with E-state index in [0.717, 1.165) is 41.2 Å². The van der Waals surface area contributed by atoms with Crippen molar-refractivity contribution >= 4 is 39.9 Å². The lowest BCUT2D eigenvalue weighted by molar-refractivity contribution is 0.674. The standard InChI is InChI=1S/C32H26N4S/c1-4-10-21(11-5-1)29-34-30(22-12-6-2-7-13-22)36-31(35-29)25-16-18-26-24(20-25)17-19-27-28(26)37-32(33-27)23-14-8-3-9-15-23/h1-8,10-14,16-20,29,32-33H,9,15H2,(H,34,35,36). The number of fused-ring (bicyclic) bond motifs is 3. The summed E-state index contributed by atoms with van der Waals surface area (Å²) in [6, 6.07) is 31.7. The molecule has 0 radical (unpaired) electrons. The van der Waals surface area contributed by atoms with Crippen molar-refractivity contribution in [1.29, 1.82) is 0 Å². The number of amidine groups is 2. The van der Waals surface area contributed by atoms with Crippen molar-refractivity contribution < 1.29 is 0 Å². The van der Waals surface area contributed by atoms with Gasteiger partial charge in [0.05, 0.1) is 5.37 Å². The van der Waals surface area contributed by atoms with E-state index in [1.165, 1.54) is 26.9 Å². The van der Waals surface area contributed by atoms with Crippen molar-refractivity contribution in [2.24, 2.45) is 9.98 Å². The van der Waals surface area contributed by atoms with E-state index in [-0.39, 0.29) is 6.17 Å². The molecule has 7 rings (SSSR count). The van der Waals surface area contributed by atoms with Crippen LogP contribution in [0.4, 0.5) is 5.69 Å². The highest BCUT2D eigenvalue weighted by Crippen LogP contribution is 2.46. The van der Waals surface area contributed by atoms with Gasteiger partial charge in [-0.2, -0.15) is 0 Å². The minimum absolute atomic E-state index is 0.196. The Kier molecular flexibility index (Phi) is 5.63. The zero-order valence-corrected chi connectivity index (χ0v) is 21.1. The summed E-state index contributed by atoms with van der Waals surface area (Å²) in [5, 5.41) is 10.1. The second-order valence-corrected chi connectivity index (χ2v) is 10.6. The van der Waals surface area contributed by atoms with Gasteiger partial charge < -0.3 is 10.6 Å². The molecule has 2 atom stereocenters. The van der Waals surface area contributed by atoms with Crippen molar-refractivity contribution in [2.45, 2.75) is 29.3 Å². The Balaban J connectivity index is 1.25. The van der Waals surface area contributed by atoms with Gasteiger partial charge in [-0.1, -0.05) is 109 Å². The maximum absolute atomic E-state index is 4.97. The quantitative estimate of drug-likeness (QED) is 0.307. The van der Waals surface area contributed by atoms with Gasteiger partial charge in [-0.25, -0.2) is 9.98 Å². The lowest BCUT2D eigenvalue weighted by Crippen LogP contribution is -2.33. The lowest BCUT2D eigenvalue weighted by atomic mass is 10.0. The van der Waals surface area contributed by atoms with Crippen LogP contribution in [0.5, 0.6) is 0 Å². The molecule has 0 fully saturated rings. The van der Waals surface area contributed by atoms with E-state index in [0.29, 0.717) is 5.37 Å². The lowest BCUT2D eigenvalue weighted by Gasteiger charge is -2.24. The molecule has 5 heteroatoms. The van der Waals surface area contributed by atoms with Crippen molar-refractivity contribution in [1.82, 2.24) is 5.32 Å². The van der Waals surface area contributed by atoms with Crippen LogP contribution in [0.3, 0.4) is 0 Å². The summed E-state index contributed by atoms with van der Waals surface area (Å²) in [6.07, 6.45) is 8.74. The topological polar surface area (TPSA) is 48.8 Å². The average Bonchev–Trinajstić information content (AvgIpc) is 3.43. The summed E-state index contributed by atoms with van der Waals surface area (Å²) in [5.74, 6) is 1.59. The van der Waals surface area contributed by atoms with Gasteiger partial charge in [0, 0.05) is 21.7 Å². The van der Waals surface area contributed by atoms with Crippen molar-refractivity contribution in [3.8, 4) is 0 Å². The minimum atomic E-state index is -0.196. The highest BCUT2D eigenvalue weighted by atomic mass is 32.2. The Labute approximate surface area is 220 Å². The Bertz CT molecular complexity index is 1600. The monoisotopic (exact) mass is 498 g/mol. The molecule has 2 aliphatic heterocycles. The molecule has 4 aromatic carbocycles. The Hall–Kier alpha value is -4.09. The fourth-order valence-electron chi connectivity index (χ4n) is 5.10. The van der Waals surface area contributed by atoms with Crippen molar-refractivity contribution in [3.63, 3.8) is 0 Å². The van der Waals surface area contributed by atoms with Gasteiger partial charge in [-0.15, -0.1) is 0 Å². The first-order valence-corrected chi connectivity index (χ1v) is 13.6. The largest absolute Gasteiger partial charge is 0.369 e. The Morgan fingerprint density at radius 3 is 2.46 bits per heavy atom. The molecule has 37 heavy (non-hydrogen) atoms. The molecule has 2 unspecified atom stereocenters. The van der Waals surface area contributed by atoms with Gasteiger partial charge in [-0.05, 0) is 46.9 Å². The zero-order valence-electron chi connectivity index (χ0n) is 20.3. The van der Waals surface area contributed by atoms with Gasteiger partial charge in [0.15, 0.2) is 5.84 Å². The van der Waals surface area contributed by atoms with Gasteiger partial charge >= 0.3 is 0 Å².